The molecule has 8 nitrogen and oxygen atoms in total. The number of alkyl halides is 2. The molecule has 0 saturated carbocycles. The molecule has 0 unspecified atom stereocenters. The molecule has 3 fully saturated rings. The molecule has 12 heteroatoms. The van der Waals surface area contributed by atoms with Gasteiger partial charge in [0.2, 0.25) is 15.9 Å². The SMILES string of the molecule is Cc1cccc(Cl)c1S(=O)(=O)N1CCC(F)(F)C[C@H]1COCC(=O)N1CCN(C2CCN(C)CC2)CC1. The number of sulfonamides is 1. The number of piperazine rings is 1. The summed E-state index contributed by atoms with van der Waals surface area (Å²) in [6.45, 7) is 5.69. The zero-order chi connectivity index (χ0) is 26.8. The van der Waals surface area contributed by atoms with Crippen molar-refractivity contribution in [3.05, 3.63) is 28.8 Å². The number of hydrogen-bond acceptors (Lipinski definition) is 6. The number of amides is 1. The van der Waals surface area contributed by atoms with Crippen molar-refractivity contribution >= 4 is 27.5 Å². The van der Waals surface area contributed by atoms with Crippen LogP contribution in [0.15, 0.2) is 23.1 Å². The van der Waals surface area contributed by atoms with E-state index in [9.17, 15) is 22.0 Å². The van der Waals surface area contributed by atoms with Gasteiger partial charge in [0.15, 0.2) is 0 Å². The zero-order valence-electron chi connectivity index (χ0n) is 21.5. The number of likely N-dealkylation sites (tertiary alicyclic amines) is 1. The Morgan fingerprint density at radius 2 is 1.78 bits per heavy atom. The summed E-state index contributed by atoms with van der Waals surface area (Å²) < 4.78 is 62.1. The lowest BCUT2D eigenvalue weighted by atomic mass is 10.0. The Morgan fingerprint density at radius 1 is 1.11 bits per heavy atom. The Hall–Kier alpha value is -1.37. The number of nitrogens with zero attached hydrogens (tertiary/aromatic N) is 4. The number of benzene rings is 1. The second kappa shape index (κ2) is 11.8. The third-order valence-electron chi connectivity index (χ3n) is 7.78. The Morgan fingerprint density at radius 3 is 2.43 bits per heavy atom. The van der Waals surface area contributed by atoms with E-state index in [4.69, 9.17) is 16.3 Å². The fourth-order valence-corrected chi connectivity index (χ4v) is 7.99. The maximum Gasteiger partial charge on any atom is 0.251 e. The quantitative estimate of drug-likeness (QED) is 0.509. The van der Waals surface area contributed by atoms with Gasteiger partial charge in [0, 0.05) is 51.6 Å². The molecular formula is C25H37ClF2N4O4S. The molecule has 3 aliphatic heterocycles. The average Bonchev–Trinajstić information content (AvgIpc) is 2.83. The number of hydrogen-bond donors (Lipinski definition) is 0. The molecule has 1 amide bonds. The van der Waals surface area contributed by atoms with Crippen molar-refractivity contribution in [2.45, 2.75) is 55.5 Å². The summed E-state index contributed by atoms with van der Waals surface area (Å²) in [4.78, 5) is 19.2. The molecule has 4 rings (SSSR count). The van der Waals surface area contributed by atoms with Crippen molar-refractivity contribution in [3.63, 3.8) is 0 Å². The molecular weight excluding hydrogens is 526 g/mol. The number of carbonyl (C=O) groups excluding carboxylic acids is 1. The van der Waals surface area contributed by atoms with E-state index in [1.165, 1.54) is 6.07 Å². The van der Waals surface area contributed by atoms with Crippen LogP contribution in [0.3, 0.4) is 0 Å². The lowest BCUT2D eigenvalue weighted by Crippen LogP contribution is -2.55. The lowest BCUT2D eigenvalue weighted by Gasteiger charge is -2.42. The van der Waals surface area contributed by atoms with Gasteiger partial charge in [0.1, 0.15) is 11.5 Å². The van der Waals surface area contributed by atoms with E-state index in [0.29, 0.717) is 24.7 Å². The number of halogens is 3. The summed E-state index contributed by atoms with van der Waals surface area (Å²) >= 11 is 6.19. The molecule has 208 valence electrons. The van der Waals surface area contributed by atoms with E-state index < -0.39 is 34.8 Å². The van der Waals surface area contributed by atoms with E-state index in [1.807, 2.05) is 0 Å². The predicted octanol–water partition coefficient (Wildman–Crippen LogP) is 2.69. The second-order valence-electron chi connectivity index (χ2n) is 10.4. The van der Waals surface area contributed by atoms with Gasteiger partial charge < -0.3 is 14.5 Å². The summed E-state index contributed by atoms with van der Waals surface area (Å²) in [5.74, 6) is -3.22. The number of rotatable bonds is 7. The number of ether oxygens (including phenoxy) is 1. The van der Waals surface area contributed by atoms with E-state index in [2.05, 4.69) is 16.8 Å². The molecule has 0 aliphatic carbocycles. The topological polar surface area (TPSA) is 73.4 Å². The normalized spacial score (nSPS) is 24.9. The van der Waals surface area contributed by atoms with E-state index >= 15 is 0 Å². The van der Waals surface area contributed by atoms with Crippen LogP contribution in [-0.4, -0.2) is 117 Å². The highest BCUT2D eigenvalue weighted by Crippen LogP contribution is 2.37. The molecule has 0 spiro atoms. The first-order chi connectivity index (χ1) is 17.5. The van der Waals surface area contributed by atoms with Crippen molar-refractivity contribution in [1.82, 2.24) is 19.0 Å². The maximum atomic E-state index is 14.3. The minimum atomic E-state index is -4.13. The Kier molecular flexibility index (Phi) is 9.13. The van der Waals surface area contributed by atoms with Crippen molar-refractivity contribution in [2.75, 3.05) is 66.1 Å². The minimum absolute atomic E-state index is 0.0477. The zero-order valence-corrected chi connectivity index (χ0v) is 23.1. The molecule has 1 aromatic carbocycles. The summed E-state index contributed by atoms with van der Waals surface area (Å²) in [6, 6.07) is 4.18. The molecule has 1 atom stereocenters. The fourth-order valence-electron chi connectivity index (χ4n) is 5.59. The van der Waals surface area contributed by atoms with Crippen molar-refractivity contribution in [3.8, 4) is 0 Å². The first kappa shape index (κ1) is 28.6. The minimum Gasteiger partial charge on any atom is -0.370 e. The van der Waals surface area contributed by atoms with Crippen LogP contribution in [0, 0.1) is 6.92 Å². The van der Waals surface area contributed by atoms with Gasteiger partial charge in [-0.05, 0) is 51.5 Å². The predicted molar refractivity (Wildman–Crippen MR) is 138 cm³/mol. The van der Waals surface area contributed by atoms with Gasteiger partial charge in [-0.2, -0.15) is 4.31 Å². The molecule has 3 heterocycles. The number of carbonyl (C=O) groups is 1. The van der Waals surface area contributed by atoms with Crippen molar-refractivity contribution in [1.29, 1.82) is 0 Å². The van der Waals surface area contributed by atoms with Crippen LogP contribution in [0.5, 0.6) is 0 Å². The molecule has 0 aromatic heterocycles. The summed E-state index contributed by atoms with van der Waals surface area (Å²) in [7, 11) is -2.00. The van der Waals surface area contributed by atoms with Crippen LogP contribution >= 0.6 is 11.6 Å². The van der Waals surface area contributed by atoms with E-state index in [0.717, 1.165) is 43.3 Å². The van der Waals surface area contributed by atoms with Gasteiger partial charge in [-0.1, -0.05) is 23.7 Å². The van der Waals surface area contributed by atoms with Crippen LogP contribution in [0.25, 0.3) is 0 Å². The largest absolute Gasteiger partial charge is 0.370 e. The molecule has 3 saturated heterocycles. The highest BCUT2D eigenvalue weighted by molar-refractivity contribution is 7.89. The highest BCUT2D eigenvalue weighted by atomic mass is 35.5. The van der Waals surface area contributed by atoms with E-state index in [1.54, 1.807) is 24.0 Å². The molecule has 1 aromatic rings. The summed E-state index contributed by atoms with van der Waals surface area (Å²) in [5, 5.41) is 0.0477. The Bertz CT molecular complexity index is 1040. The number of piperidine rings is 2. The van der Waals surface area contributed by atoms with Crippen LogP contribution in [0.4, 0.5) is 8.78 Å². The first-order valence-corrected chi connectivity index (χ1v) is 14.7. The third kappa shape index (κ3) is 6.80. The Labute approximate surface area is 223 Å². The van der Waals surface area contributed by atoms with Crippen LogP contribution < -0.4 is 0 Å². The van der Waals surface area contributed by atoms with Crippen LogP contribution in [-0.2, 0) is 19.6 Å². The van der Waals surface area contributed by atoms with Crippen LogP contribution in [0.1, 0.15) is 31.2 Å². The van der Waals surface area contributed by atoms with Crippen molar-refractivity contribution < 1.29 is 26.7 Å². The average molecular weight is 563 g/mol. The highest BCUT2D eigenvalue weighted by Gasteiger charge is 2.46. The fraction of sp³-hybridized carbons (Fsp3) is 0.720. The van der Waals surface area contributed by atoms with Crippen molar-refractivity contribution in [2.24, 2.45) is 0 Å². The smallest absolute Gasteiger partial charge is 0.251 e. The molecule has 0 bridgehead atoms. The standard InChI is InChI=1S/C25H37ClF2N4O4S/c1-19-4-3-5-22(26)24(19)37(34,35)32-11-8-25(27,28)16-21(32)17-36-18-23(33)31-14-12-30(13-15-31)20-6-9-29(2)10-7-20/h3-5,20-21H,6-18H2,1-2H3/t21-/m0/s1. The summed E-state index contributed by atoms with van der Waals surface area (Å²) in [5.41, 5.74) is 0.444. The molecule has 3 aliphatic rings. The molecule has 0 N–H and O–H groups in total. The van der Waals surface area contributed by atoms with Gasteiger partial charge in [-0.3, -0.25) is 9.69 Å². The molecule has 37 heavy (non-hydrogen) atoms. The van der Waals surface area contributed by atoms with Gasteiger partial charge in [0.25, 0.3) is 5.92 Å². The van der Waals surface area contributed by atoms with Gasteiger partial charge in [0.05, 0.1) is 17.7 Å². The first-order valence-electron chi connectivity index (χ1n) is 12.9. The lowest BCUT2D eigenvalue weighted by molar-refractivity contribution is -0.139. The second-order valence-corrected chi connectivity index (χ2v) is 12.7. The van der Waals surface area contributed by atoms with Crippen LogP contribution in [0.2, 0.25) is 5.02 Å². The molecule has 0 radical (unpaired) electrons. The van der Waals surface area contributed by atoms with E-state index in [-0.39, 0.29) is 35.6 Å². The Balaban J connectivity index is 1.33. The third-order valence-corrected chi connectivity index (χ3v) is 10.4. The van der Waals surface area contributed by atoms with Gasteiger partial charge in [-0.25, -0.2) is 17.2 Å². The van der Waals surface area contributed by atoms with Gasteiger partial charge >= 0.3 is 0 Å². The number of aryl methyl sites for hydroxylation is 1. The summed E-state index contributed by atoms with van der Waals surface area (Å²) in [6.07, 6.45) is 1.02. The maximum absolute atomic E-state index is 14.3. The van der Waals surface area contributed by atoms with Gasteiger partial charge in [-0.15, -0.1) is 0 Å². The monoisotopic (exact) mass is 562 g/mol.